The van der Waals surface area contributed by atoms with Crippen LogP contribution >= 0.6 is 23.1 Å². The number of fused-ring (bicyclic) bond motifs is 1. The Morgan fingerprint density at radius 3 is 2.93 bits per heavy atom. The maximum atomic E-state index is 13.9. The second-order valence-corrected chi connectivity index (χ2v) is 8.36. The SMILES string of the molecule is COc1ccc(-c2csc(NC(=O)CCN3C(=O)CSc4ccccc43)n2)cc1F. The Morgan fingerprint density at radius 2 is 2.13 bits per heavy atom. The molecule has 2 amide bonds. The van der Waals surface area contributed by atoms with Crippen molar-refractivity contribution in [1.29, 1.82) is 0 Å². The summed E-state index contributed by atoms with van der Waals surface area (Å²) >= 11 is 2.77. The summed E-state index contributed by atoms with van der Waals surface area (Å²) in [6.45, 7) is 0.296. The quantitative estimate of drug-likeness (QED) is 0.610. The van der Waals surface area contributed by atoms with E-state index in [2.05, 4.69) is 10.3 Å². The number of nitrogens with zero attached hydrogens (tertiary/aromatic N) is 2. The molecule has 3 aromatic rings. The van der Waals surface area contributed by atoms with Crippen LogP contribution in [-0.2, 0) is 9.59 Å². The van der Waals surface area contributed by atoms with Gasteiger partial charge in [-0.1, -0.05) is 12.1 Å². The number of halogens is 1. The van der Waals surface area contributed by atoms with Crippen molar-refractivity contribution in [2.24, 2.45) is 0 Å². The Labute approximate surface area is 181 Å². The molecule has 0 radical (unpaired) electrons. The van der Waals surface area contributed by atoms with Crippen molar-refractivity contribution in [2.75, 3.05) is 29.6 Å². The van der Waals surface area contributed by atoms with Crippen molar-refractivity contribution < 1.29 is 18.7 Å². The zero-order valence-corrected chi connectivity index (χ0v) is 17.7. The van der Waals surface area contributed by atoms with E-state index < -0.39 is 5.82 Å². The van der Waals surface area contributed by atoms with E-state index in [1.165, 1.54) is 42.3 Å². The fourth-order valence-electron chi connectivity index (χ4n) is 3.08. The van der Waals surface area contributed by atoms with Crippen molar-refractivity contribution in [2.45, 2.75) is 11.3 Å². The van der Waals surface area contributed by atoms with Gasteiger partial charge in [-0.05, 0) is 30.3 Å². The highest BCUT2D eigenvalue weighted by Gasteiger charge is 2.24. The largest absolute Gasteiger partial charge is 0.494 e. The molecule has 2 aromatic carbocycles. The first kappa shape index (κ1) is 20.4. The van der Waals surface area contributed by atoms with Crippen molar-refractivity contribution in [3.63, 3.8) is 0 Å². The summed E-state index contributed by atoms with van der Waals surface area (Å²) in [4.78, 5) is 31.7. The Bertz CT molecular complexity index is 1100. The number of rotatable bonds is 6. The van der Waals surface area contributed by atoms with Gasteiger partial charge in [-0.3, -0.25) is 9.59 Å². The maximum absolute atomic E-state index is 13.9. The molecule has 0 spiro atoms. The molecule has 6 nitrogen and oxygen atoms in total. The van der Waals surface area contributed by atoms with Crippen molar-refractivity contribution >= 4 is 45.7 Å². The predicted molar refractivity (Wildman–Crippen MR) is 117 cm³/mol. The van der Waals surface area contributed by atoms with Crippen molar-refractivity contribution in [1.82, 2.24) is 4.98 Å². The molecule has 0 unspecified atom stereocenters. The monoisotopic (exact) mass is 443 g/mol. The molecule has 1 aliphatic heterocycles. The Hall–Kier alpha value is -2.91. The van der Waals surface area contributed by atoms with Gasteiger partial charge in [0.15, 0.2) is 16.7 Å². The minimum atomic E-state index is -0.474. The highest BCUT2D eigenvalue weighted by atomic mass is 32.2. The lowest BCUT2D eigenvalue weighted by Crippen LogP contribution is -2.37. The summed E-state index contributed by atoms with van der Waals surface area (Å²) in [6.07, 6.45) is 0.150. The molecule has 30 heavy (non-hydrogen) atoms. The first-order chi connectivity index (χ1) is 14.5. The molecule has 0 atom stereocenters. The van der Waals surface area contributed by atoms with Gasteiger partial charge in [0, 0.05) is 28.8 Å². The number of para-hydroxylation sites is 1. The van der Waals surface area contributed by atoms with Crippen LogP contribution in [0.4, 0.5) is 15.2 Å². The third-order valence-corrected chi connectivity index (χ3v) is 6.37. The second kappa shape index (κ2) is 8.85. The average Bonchev–Trinajstić information content (AvgIpc) is 3.21. The minimum Gasteiger partial charge on any atom is -0.494 e. The van der Waals surface area contributed by atoms with Gasteiger partial charge in [0.05, 0.1) is 24.2 Å². The molecule has 1 aromatic heterocycles. The normalized spacial score (nSPS) is 13.1. The van der Waals surface area contributed by atoms with E-state index in [4.69, 9.17) is 4.74 Å². The number of anilines is 2. The average molecular weight is 444 g/mol. The van der Waals surface area contributed by atoms with E-state index >= 15 is 0 Å². The van der Waals surface area contributed by atoms with Gasteiger partial charge in [0.25, 0.3) is 0 Å². The molecule has 0 fully saturated rings. The van der Waals surface area contributed by atoms with E-state index in [0.29, 0.717) is 28.7 Å². The Kier molecular flexibility index (Phi) is 6.01. The Morgan fingerprint density at radius 1 is 1.30 bits per heavy atom. The zero-order chi connectivity index (χ0) is 21.1. The van der Waals surface area contributed by atoms with E-state index in [1.54, 1.807) is 16.3 Å². The maximum Gasteiger partial charge on any atom is 0.237 e. The molecule has 1 N–H and O–H groups in total. The number of ether oxygens (including phenoxy) is 1. The fourth-order valence-corrected chi connectivity index (χ4v) is 4.76. The van der Waals surface area contributed by atoms with Crippen LogP contribution in [0.5, 0.6) is 5.75 Å². The highest BCUT2D eigenvalue weighted by molar-refractivity contribution is 8.00. The molecule has 0 saturated carbocycles. The van der Waals surface area contributed by atoms with Crippen LogP contribution in [0.3, 0.4) is 0 Å². The second-order valence-electron chi connectivity index (χ2n) is 6.49. The summed E-state index contributed by atoms with van der Waals surface area (Å²) in [6, 6.07) is 12.3. The number of thiazole rings is 1. The van der Waals surface area contributed by atoms with Gasteiger partial charge in [0.2, 0.25) is 11.8 Å². The molecule has 4 rings (SSSR count). The molecule has 1 aliphatic rings. The molecule has 0 bridgehead atoms. The minimum absolute atomic E-state index is 0.00966. The fraction of sp³-hybridized carbons (Fsp3) is 0.190. The number of nitrogens with one attached hydrogen (secondary N) is 1. The van der Waals surface area contributed by atoms with Crippen LogP contribution < -0.4 is 15.0 Å². The van der Waals surface area contributed by atoms with Crippen LogP contribution in [0.15, 0.2) is 52.7 Å². The number of hydrogen-bond donors (Lipinski definition) is 1. The van der Waals surface area contributed by atoms with Crippen LogP contribution in [0.2, 0.25) is 0 Å². The summed E-state index contributed by atoms with van der Waals surface area (Å²) < 4.78 is 18.8. The highest BCUT2D eigenvalue weighted by Crippen LogP contribution is 2.35. The number of carbonyl (C=O) groups is 2. The molecule has 154 valence electrons. The summed E-state index contributed by atoms with van der Waals surface area (Å²) in [5, 5.41) is 4.93. The lowest BCUT2D eigenvalue weighted by molar-refractivity contribution is -0.117. The van der Waals surface area contributed by atoms with Crippen LogP contribution in [0, 0.1) is 5.82 Å². The summed E-state index contributed by atoms with van der Waals surface area (Å²) in [7, 11) is 1.41. The standard InChI is InChI=1S/C21H18FN3O3S2/c1-28-17-7-6-13(10-14(17)22)15-11-30-21(23-15)24-19(26)8-9-25-16-4-2-3-5-18(16)29-12-20(25)27/h2-7,10-11H,8-9,12H2,1H3,(H,23,24,26). The number of methoxy groups -OCH3 is 1. The molecule has 0 aliphatic carbocycles. The number of benzene rings is 2. The molecule has 2 heterocycles. The number of amides is 2. The first-order valence-corrected chi connectivity index (χ1v) is 11.0. The van der Waals surface area contributed by atoms with E-state index in [0.717, 1.165) is 10.6 Å². The molecular formula is C21H18FN3O3S2. The van der Waals surface area contributed by atoms with Gasteiger partial charge in [-0.2, -0.15) is 0 Å². The van der Waals surface area contributed by atoms with Gasteiger partial charge in [0.1, 0.15) is 0 Å². The van der Waals surface area contributed by atoms with Crippen molar-refractivity contribution in [3.8, 4) is 17.0 Å². The van der Waals surface area contributed by atoms with Crippen LogP contribution in [0.25, 0.3) is 11.3 Å². The summed E-state index contributed by atoms with van der Waals surface area (Å²) in [5.74, 6) is -0.190. The summed E-state index contributed by atoms with van der Waals surface area (Å²) in [5.41, 5.74) is 2.00. The van der Waals surface area contributed by atoms with Gasteiger partial charge < -0.3 is 15.0 Å². The van der Waals surface area contributed by atoms with E-state index in [1.807, 2.05) is 24.3 Å². The molecule has 9 heteroatoms. The lowest BCUT2D eigenvalue weighted by Gasteiger charge is -2.28. The first-order valence-electron chi connectivity index (χ1n) is 9.16. The number of thioether (sulfide) groups is 1. The van der Waals surface area contributed by atoms with Crippen molar-refractivity contribution in [3.05, 3.63) is 53.7 Å². The topological polar surface area (TPSA) is 71.5 Å². The van der Waals surface area contributed by atoms with E-state index in [-0.39, 0.29) is 24.0 Å². The van der Waals surface area contributed by atoms with Crippen LogP contribution in [-0.4, -0.2) is 36.2 Å². The number of aromatic nitrogens is 1. The number of carbonyl (C=O) groups excluding carboxylic acids is 2. The third kappa shape index (κ3) is 4.31. The Balaban J connectivity index is 1.39. The van der Waals surface area contributed by atoms with Gasteiger partial charge in [-0.25, -0.2) is 9.37 Å². The zero-order valence-electron chi connectivity index (χ0n) is 16.1. The lowest BCUT2D eigenvalue weighted by atomic mass is 10.1. The van der Waals surface area contributed by atoms with Crippen LogP contribution in [0.1, 0.15) is 6.42 Å². The van der Waals surface area contributed by atoms with Gasteiger partial charge in [-0.15, -0.1) is 23.1 Å². The number of hydrogen-bond acceptors (Lipinski definition) is 6. The smallest absolute Gasteiger partial charge is 0.237 e. The third-order valence-electron chi connectivity index (χ3n) is 4.57. The van der Waals surface area contributed by atoms with Gasteiger partial charge >= 0.3 is 0 Å². The predicted octanol–water partition coefficient (Wildman–Crippen LogP) is 4.43. The van der Waals surface area contributed by atoms with E-state index in [9.17, 15) is 14.0 Å². The molecular weight excluding hydrogens is 425 g/mol. The molecule has 0 saturated heterocycles.